The number of rotatable bonds is 7. The lowest BCUT2D eigenvalue weighted by atomic mass is 10.1. The molecule has 1 fully saturated rings. The third kappa shape index (κ3) is 5.26. The topological polar surface area (TPSA) is 85.2 Å². The summed E-state index contributed by atoms with van der Waals surface area (Å²) in [6.07, 6.45) is 3.29. The van der Waals surface area contributed by atoms with E-state index >= 15 is 0 Å². The van der Waals surface area contributed by atoms with E-state index in [2.05, 4.69) is 20.3 Å². The summed E-state index contributed by atoms with van der Waals surface area (Å²) in [6, 6.07) is 6.19. The Balaban J connectivity index is 1.57. The van der Waals surface area contributed by atoms with Gasteiger partial charge in [0.25, 0.3) is 11.9 Å². The molecule has 3 aromatic rings. The first kappa shape index (κ1) is 23.0. The van der Waals surface area contributed by atoms with Gasteiger partial charge in [0.15, 0.2) is 0 Å². The molecule has 33 heavy (non-hydrogen) atoms. The number of carbonyl (C=O) groups is 1. The number of aromatic nitrogens is 4. The van der Waals surface area contributed by atoms with E-state index in [0.29, 0.717) is 23.8 Å². The molecule has 1 amide bonds. The number of hydrogen-bond donors (Lipinski definition) is 1. The fourth-order valence-corrected chi connectivity index (χ4v) is 3.93. The highest BCUT2D eigenvalue weighted by molar-refractivity contribution is 5.95. The van der Waals surface area contributed by atoms with Crippen molar-refractivity contribution in [3.63, 3.8) is 0 Å². The van der Waals surface area contributed by atoms with Crippen LogP contribution < -0.4 is 5.32 Å². The van der Waals surface area contributed by atoms with Gasteiger partial charge in [-0.05, 0) is 42.7 Å². The van der Waals surface area contributed by atoms with Gasteiger partial charge in [0.05, 0.1) is 36.4 Å². The number of carbonyl (C=O) groups excluding carboxylic acids is 1. The minimum Gasteiger partial charge on any atom is -0.379 e. The van der Waals surface area contributed by atoms with Crippen LogP contribution in [0.5, 0.6) is 0 Å². The van der Waals surface area contributed by atoms with Gasteiger partial charge >= 0.3 is 0 Å². The van der Waals surface area contributed by atoms with E-state index in [0.717, 1.165) is 49.7 Å². The Morgan fingerprint density at radius 1 is 1.18 bits per heavy atom. The van der Waals surface area contributed by atoms with Crippen molar-refractivity contribution in [3.8, 4) is 17.2 Å². The van der Waals surface area contributed by atoms with Crippen LogP contribution in [0.25, 0.3) is 17.2 Å². The Labute approximate surface area is 192 Å². The van der Waals surface area contributed by atoms with Crippen LogP contribution >= 0.6 is 0 Å². The van der Waals surface area contributed by atoms with Gasteiger partial charge in [0, 0.05) is 37.9 Å². The number of ether oxygens (including phenoxy) is 1. The number of aryl methyl sites for hydroxylation is 1. The fraction of sp³-hybridized carbons (Fsp3) is 0.417. The van der Waals surface area contributed by atoms with Crippen LogP contribution in [0.2, 0.25) is 0 Å². The zero-order chi connectivity index (χ0) is 23.4. The van der Waals surface area contributed by atoms with Gasteiger partial charge < -0.3 is 10.1 Å². The first-order chi connectivity index (χ1) is 15.9. The fourth-order valence-electron chi connectivity index (χ4n) is 3.93. The second-order valence-corrected chi connectivity index (χ2v) is 8.43. The van der Waals surface area contributed by atoms with E-state index in [9.17, 15) is 9.18 Å². The quantitative estimate of drug-likeness (QED) is 0.593. The third-order valence-electron chi connectivity index (χ3n) is 5.68. The molecular formula is C24H29FN6O2. The van der Waals surface area contributed by atoms with Crippen molar-refractivity contribution in [2.45, 2.75) is 26.7 Å². The number of hydrogen-bond acceptors (Lipinski definition) is 6. The zero-order valence-electron chi connectivity index (χ0n) is 19.2. The van der Waals surface area contributed by atoms with Gasteiger partial charge in [-0.1, -0.05) is 13.8 Å². The lowest BCUT2D eigenvalue weighted by Crippen LogP contribution is -2.41. The van der Waals surface area contributed by atoms with Crippen molar-refractivity contribution in [1.82, 2.24) is 30.0 Å². The molecule has 3 heterocycles. The highest BCUT2D eigenvalue weighted by Gasteiger charge is 2.23. The lowest BCUT2D eigenvalue weighted by molar-refractivity contribution is 0.0383. The van der Waals surface area contributed by atoms with E-state index in [1.807, 2.05) is 20.8 Å². The summed E-state index contributed by atoms with van der Waals surface area (Å²) < 4.78 is 20.4. The van der Waals surface area contributed by atoms with Crippen molar-refractivity contribution in [2.24, 2.45) is 0 Å². The SMILES string of the molecule is Cc1cnc(-n2ncc(C(=O)NCCN3CCOCC3)c2C(C)C)nc1-c1ccc(F)cc1. The number of morpholine rings is 1. The maximum atomic E-state index is 13.4. The minimum atomic E-state index is -0.302. The normalized spacial score (nSPS) is 14.6. The van der Waals surface area contributed by atoms with Gasteiger partial charge in [-0.25, -0.2) is 19.0 Å². The summed E-state index contributed by atoms with van der Waals surface area (Å²) in [5.41, 5.74) is 3.61. The van der Waals surface area contributed by atoms with Gasteiger partial charge in [-0.2, -0.15) is 5.10 Å². The van der Waals surface area contributed by atoms with Crippen LogP contribution in [-0.2, 0) is 4.74 Å². The Morgan fingerprint density at radius 2 is 1.91 bits per heavy atom. The van der Waals surface area contributed by atoms with Crippen LogP contribution in [0.4, 0.5) is 4.39 Å². The Hall–Kier alpha value is -3.17. The highest BCUT2D eigenvalue weighted by Crippen LogP contribution is 2.25. The van der Waals surface area contributed by atoms with E-state index in [-0.39, 0.29) is 17.6 Å². The van der Waals surface area contributed by atoms with Crippen LogP contribution in [0.15, 0.2) is 36.7 Å². The number of nitrogens with one attached hydrogen (secondary N) is 1. The molecule has 2 aromatic heterocycles. The predicted molar refractivity (Wildman–Crippen MR) is 123 cm³/mol. The molecule has 0 unspecified atom stereocenters. The molecule has 0 spiro atoms. The third-order valence-corrected chi connectivity index (χ3v) is 5.68. The molecule has 0 saturated carbocycles. The molecule has 0 aliphatic carbocycles. The summed E-state index contributed by atoms with van der Waals surface area (Å²) in [5.74, 6) is -0.0733. The largest absolute Gasteiger partial charge is 0.379 e. The van der Waals surface area contributed by atoms with Crippen molar-refractivity contribution in [2.75, 3.05) is 39.4 Å². The molecule has 4 rings (SSSR count). The van der Waals surface area contributed by atoms with E-state index in [4.69, 9.17) is 9.72 Å². The number of nitrogens with zero attached hydrogens (tertiary/aromatic N) is 5. The van der Waals surface area contributed by atoms with E-state index in [1.54, 1.807) is 29.2 Å². The van der Waals surface area contributed by atoms with E-state index < -0.39 is 0 Å². The second-order valence-electron chi connectivity index (χ2n) is 8.43. The first-order valence-electron chi connectivity index (χ1n) is 11.2. The van der Waals surface area contributed by atoms with E-state index in [1.165, 1.54) is 12.1 Å². The average molecular weight is 453 g/mol. The molecule has 1 aliphatic heterocycles. The van der Waals surface area contributed by atoms with Crippen molar-refractivity contribution in [3.05, 3.63) is 59.3 Å². The molecule has 0 atom stereocenters. The monoisotopic (exact) mass is 452 g/mol. The average Bonchev–Trinajstić information content (AvgIpc) is 3.26. The van der Waals surface area contributed by atoms with Gasteiger partial charge in [0.1, 0.15) is 5.82 Å². The number of amides is 1. The van der Waals surface area contributed by atoms with Gasteiger partial charge in [0.2, 0.25) is 0 Å². The van der Waals surface area contributed by atoms with Crippen molar-refractivity contribution < 1.29 is 13.9 Å². The maximum absolute atomic E-state index is 13.4. The molecule has 0 radical (unpaired) electrons. The first-order valence-corrected chi connectivity index (χ1v) is 11.2. The summed E-state index contributed by atoms with van der Waals surface area (Å²) in [5, 5.41) is 7.46. The van der Waals surface area contributed by atoms with Crippen LogP contribution in [0.3, 0.4) is 0 Å². The summed E-state index contributed by atoms with van der Waals surface area (Å²) >= 11 is 0. The van der Waals surface area contributed by atoms with Gasteiger partial charge in [-0.3, -0.25) is 9.69 Å². The minimum absolute atomic E-state index is 0.0201. The molecule has 1 saturated heterocycles. The molecule has 1 aromatic carbocycles. The smallest absolute Gasteiger partial charge is 0.254 e. The maximum Gasteiger partial charge on any atom is 0.254 e. The van der Waals surface area contributed by atoms with Crippen LogP contribution in [0, 0.1) is 12.7 Å². The summed E-state index contributed by atoms with van der Waals surface area (Å²) in [7, 11) is 0. The highest BCUT2D eigenvalue weighted by atomic mass is 19.1. The molecular weight excluding hydrogens is 423 g/mol. The van der Waals surface area contributed by atoms with Crippen molar-refractivity contribution >= 4 is 5.91 Å². The van der Waals surface area contributed by atoms with Gasteiger partial charge in [-0.15, -0.1) is 0 Å². The molecule has 174 valence electrons. The lowest BCUT2D eigenvalue weighted by Gasteiger charge is -2.26. The molecule has 9 heteroatoms. The Kier molecular flexibility index (Phi) is 7.10. The Bertz CT molecular complexity index is 1110. The van der Waals surface area contributed by atoms with Crippen molar-refractivity contribution in [1.29, 1.82) is 0 Å². The predicted octanol–water partition coefficient (Wildman–Crippen LogP) is 2.96. The molecule has 0 bridgehead atoms. The standard InChI is InChI=1S/C24H29FN6O2/c1-16(2)22-20(23(32)26-8-9-30-10-12-33-13-11-30)15-28-31(22)24-27-14-17(3)21(29-24)18-4-6-19(25)7-5-18/h4-7,14-16H,8-13H2,1-3H3,(H,26,32). The molecule has 8 nitrogen and oxygen atoms in total. The zero-order valence-corrected chi connectivity index (χ0v) is 19.2. The van der Waals surface area contributed by atoms with Crippen LogP contribution in [0.1, 0.15) is 41.4 Å². The number of halogens is 1. The molecule has 1 N–H and O–H groups in total. The summed E-state index contributed by atoms with van der Waals surface area (Å²) in [4.78, 5) is 24.4. The second kappa shape index (κ2) is 10.2. The molecule has 1 aliphatic rings. The van der Waals surface area contributed by atoms with Crippen LogP contribution in [-0.4, -0.2) is 69.9 Å². The Morgan fingerprint density at radius 3 is 2.61 bits per heavy atom. The summed E-state index contributed by atoms with van der Waals surface area (Å²) in [6.45, 7) is 10.5. The number of benzene rings is 1.